The molecule has 128 valence electrons. The van der Waals surface area contributed by atoms with Crippen LogP contribution in [0.2, 0.25) is 0 Å². The Hall–Kier alpha value is -2.30. The summed E-state index contributed by atoms with van der Waals surface area (Å²) in [6.45, 7) is 0. The molecule has 5 heteroatoms. The molecule has 3 aliphatic carbocycles. The van der Waals surface area contributed by atoms with E-state index in [-0.39, 0.29) is 24.2 Å². The Balaban J connectivity index is 1.66. The monoisotopic (exact) mass is 329 g/mol. The number of hydrogen-bond donors (Lipinski definition) is 2. The number of carboxylic acids is 1. The highest BCUT2D eigenvalue weighted by Gasteiger charge is 2.37. The Kier molecular flexibility index (Phi) is 4.88. The van der Waals surface area contributed by atoms with Gasteiger partial charge >= 0.3 is 5.97 Å². The highest BCUT2D eigenvalue weighted by Crippen LogP contribution is 2.40. The second-order valence-electron chi connectivity index (χ2n) is 6.68. The highest BCUT2D eigenvalue weighted by atomic mass is 16.5. The molecule has 2 N–H and O–H groups in total. The molecule has 0 aliphatic heterocycles. The van der Waals surface area contributed by atoms with Crippen LogP contribution in [-0.4, -0.2) is 30.1 Å². The molecule has 2 bridgehead atoms. The van der Waals surface area contributed by atoms with Crippen LogP contribution in [0.1, 0.15) is 24.8 Å². The Morgan fingerprint density at radius 3 is 2.75 bits per heavy atom. The van der Waals surface area contributed by atoms with Gasteiger partial charge < -0.3 is 15.2 Å². The van der Waals surface area contributed by atoms with Crippen molar-refractivity contribution in [3.05, 3.63) is 42.0 Å². The van der Waals surface area contributed by atoms with E-state index in [0.29, 0.717) is 11.7 Å². The zero-order valence-electron chi connectivity index (χ0n) is 13.8. The fourth-order valence-electron chi connectivity index (χ4n) is 3.75. The molecule has 24 heavy (non-hydrogen) atoms. The van der Waals surface area contributed by atoms with Crippen molar-refractivity contribution in [2.24, 2.45) is 17.8 Å². The van der Waals surface area contributed by atoms with Crippen molar-refractivity contribution in [1.82, 2.24) is 5.32 Å². The molecule has 1 unspecified atom stereocenters. The van der Waals surface area contributed by atoms with Gasteiger partial charge in [0.05, 0.1) is 7.11 Å². The summed E-state index contributed by atoms with van der Waals surface area (Å²) >= 11 is 0. The minimum Gasteiger partial charge on any atom is -0.497 e. The number of hydrogen-bond acceptors (Lipinski definition) is 3. The number of carbonyl (C=O) groups excluding carboxylic acids is 1. The second-order valence-corrected chi connectivity index (χ2v) is 6.68. The number of methoxy groups -OCH3 is 1. The van der Waals surface area contributed by atoms with Crippen molar-refractivity contribution in [3.8, 4) is 5.75 Å². The van der Waals surface area contributed by atoms with E-state index in [1.807, 2.05) is 18.2 Å². The fraction of sp³-hybridized carbons (Fsp3) is 0.474. The Bertz CT molecular complexity index is 655. The zero-order valence-corrected chi connectivity index (χ0v) is 13.8. The third-order valence-corrected chi connectivity index (χ3v) is 5.10. The van der Waals surface area contributed by atoms with Gasteiger partial charge in [0, 0.05) is 12.3 Å². The number of fused-ring (bicyclic) bond motifs is 2. The molecule has 0 radical (unpaired) electrons. The number of carboxylic acid groups (broad SMARTS) is 1. The lowest BCUT2D eigenvalue weighted by atomic mass is 9.69. The molecule has 3 aliphatic rings. The van der Waals surface area contributed by atoms with Crippen LogP contribution in [0.5, 0.6) is 5.75 Å². The average molecular weight is 329 g/mol. The van der Waals surface area contributed by atoms with Crippen molar-refractivity contribution in [2.75, 3.05) is 7.11 Å². The molecule has 1 fully saturated rings. The van der Waals surface area contributed by atoms with Gasteiger partial charge in [-0.2, -0.15) is 0 Å². The van der Waals surface area contributed by atoms with Gasteiger partial charge in [0.1, 0.15) is 11.8 Å². The minimum atomic E-state index is -1.01. The summed E-state index contributed by atoms with van der Waals surface area (Å²) in [5, 5.41) is 12.2. The van der Waals surface area contributed by atoms with E-state index in [0.717, 1.165) is 24.8 Å². The third-order valence-electron chi connectivity index (χ3n) is 5.10. The summed E-state index contributed by atoms with van der Waals surface area (Å²) in [6.07, 6.45) is 7.56. The number of nitrogens with one attached hydrogen (secondary N) is 1. The van der Waals surface area contributed by atoms with E-state index in [1.165, 1.54) is 0 Å². The lowest BCUT2D eigenvalue weighted by Gasteiger charge is -2.37. The lowest BCUT2D eigenvalue weighted by molar-refractivity contribution is -0.143. The van der Waals surface area contributed by atoms with Crippen LogP contribution in [0.15, 0.2) is 36.4 Å². The van der Waals surface area contributed by atoms with Crippen molar-refractivity contribution in [2.45, 2.75) is 31.7 Å². The molecular weight excluding hydrogens is 306 g/mol. The topological polar surface area (TPSA) is 75.6 Å². The minimum absolute atomic E-state index is 0.0964. The maximum absolute atomic E-state index is 12.6. The molecule has 4 rings (SSSR count). The first-order chi connectivity index (χ1) is 11.6. The first kappa shape index (κ1) is 16.6. The molecular formula is C19H23NO4. The Morgan fingerprint density at radius 2 is 2.17 bits per heavy atom. The van der Waals surface area contributed by atoms with Gasteiger partial charge in [-0.15, -0.1) is 0 Å². The van der Waals surface area contributed by atoms with Crippen LogP contribution < -0.4 is 10.1 Å². The number of rotatable bonds is 6. The number of carbonyl (C=O) groups is 2. The second kappa shape index (κ2) is 7.07. The maximum atomic E-state index is 12.6. The summed E-state index contributed by atoms with van der Waals surface area (Å²) in [6, 6.07) is 6.35. The Labute approximate surface area is 141 Å². The molecule has 0 spiro atoms. The summed E-state index contributed by atoms with van der Waals surface area (Å²) < 4.78 is 5.16. The van der Waals surface area contributed by atoms with Crippen LogP contribution in [-0.2, 0) is 16.0 Å². The van der Waals surface area contributed by atoms with Gasteiger partial charge in [-0.3, -0.25) is 4.79 Å². The van der Waals surface area contributed by atoms with Gasteiger partial charge in [0.25, 0.3) is 0 Å². The summed E-state index contributed by atoms with van der Waals surface area (Å²) in [5.41, 5.74) is 0.826. The normalized spacial score (nSPS) is 26.0. The van der Waals surface area contributed by atoms with Gasteiger partial charge in [0.15, 0.2) is 0 Å². The first-order valence-electron chi connectivity index (χ1n) is 8.41. The predicted molar refractivity (Wildman–Crippen MR) is 89.7 cm³/mol. The molecule has 1 saturated carbocycles. The molecule has 1 aromatic carbocycles. The van der Waals surface area contributed by atoms with E-state index >= 15 is 0 Å². The van der Waals surface area contributed by atoms with Crippen molar-refractivity contribution < 1.29 is 19.4 Å². The van der Waals surface area contributed by atoms with E-state index in [9.17, 15) is 14.7 Å². The molecule has 4 atom stereocenters. The quantitative estimate of drug-likeness (QED) is 0.786. The summed E-state index contributed by atoms with van der Waals surface area (Å²) in [5.74, 6) is 0.152. The van der Waals surface area contributed by atoms with E-state index < -0.39 is 12.0 Å². The summed E-state index contributed by atoms with van der Waals surface area (Å²) in [4.78, 5) is 24.2. The van der Waals surface area contributed by atoms with Crippen molar-refractivity contribution in [1.29, 1.82) is 0 Å². The molecule has 1 amide bonds. The maximum Gasteiger partial charge on any atom is 0.326 e. The van der Waals surface area contributed by atoms with Crippen LogP contribution >= 0.6 is 0 Å². The number of ether oxygens (including phenoxy) is 1. The molecule has 5 nitrogen and oxygen atoms in total. The molecule has 0 saturated heterocycles. The van der Waals surface area contributed by atoms with Gasteiger partial charge in [-0.1, -0.05) is 24.3 Å². The molecule has 0 heterocycles. The molecule has 1 aromatic rings. The lowest BCUT2D eigenvalue weighted by Crippen LogP contribution is -2.48. The van der Waals surface area contributed by atoms with Crippen molar-refractivity contribution >= 4 is 11.9 Å². The SMILES string of the molecule is COc1cccc(CC(NC(=O)[C@@H]2C[C@@H]3C=C[C@H]2CC3)C(=O)O)c1. The van der Waals surface area contributed by atoms with E-state index in [2.05, 4.69) is 17.5 Å². The van der Waals surface area contributed by atoms with Gasteiger partial charge in [-0.05, 0) is 48.8 Å². The van der Waals surface area contributed by atoms with E-state index in [1.54, 1.807) is 13.2 Å². The van der Waals surface area contributed by atoms with Crippen LogP contribution in [0.3, 0.4) is 0 Å². The number of benzene rings is 1. The fourth-order valence-corrected chi connectivity index (χ4v) is 3.75. The zero-order chi connectivity index (χ0) is 17.1. The molecule has 0 aromatic heterocycles. The third kappa shape index (κ3) is 3.61. The van der Waals surface area contributed by atoms with Gasteiger partial charge in [0.2, 0.25) is 5.91 Å². The number of aliphatic carboxylic acids is 1. The first-order valence-corrected chi connectivity index (χ1v) is 8.41. The van der Waals surface area contributed by atoms with Crippen LogP contribution in [0.25, 0.3) is 0 Å². The highest BCUT2D eigenvalue weighted by molar-refractivity contribution is 5.85. The predicted octanol–water partition coefficient (Wildman–Crippen LogP) is 2.41. The van der Waals surface area contributed by atoms with Crippen LogP contribution in [0, 0.1) is 17.8 Å². The number of amides is 1. The largest absolute Gasteiger partial charge is 0.497 e. The van der Waals surface area contributed by atoms with Crippen LogP contribution in [0.4, 0.5) is 0 Å². The van der Waals surface area contributed by atoms with E-state index in [4.69, 9.17) is 4.74 Å². The smallest absolute Gasteiger partial charge is 0.326 e. The summed E-state index contributed by atoms with van der Waals surface area (Å²) in [7, 11) is 1.57. The van der Waals surface area contributed by atoms with Crippen molar-refractivity contribution in [3.63, 3.8) is 0 Å². The average Bonchev–Trinajstić information content (AvgIpc) is 2.62. The Morgan fingerprint density at radius 1 is 1.33 bits per heavy atom. The number of allylic oxidation sites excluding steroid dienone is 2. The standard InChI is InChI=1S/C19H23NO4/c1-24-15-4-2-3-13(9-15)11-17(19(22)23)20-18(21)16-10-12-5-7-14(16)8-6-12/h2-5,7,9,12,14,16-17H,6,8,10-11H2,1H3,(H,20,21)(H,22,23)/t12-,14+,16-,17?/m1/s1. The van der Waals surface area contributed by atoms with Gasteiger partial charge in [-0.25, -0.2) is 4.79 Å².